The summed E-state index contributed by atoms with van der Waals surface area (Å²) in [7, 11) is 0. The van der Waals surface area contributed by atoms with E-state index >= 15 is 0 Å². The van der Waals surface area contributed by atoms with Crippen LogP contribution in [0.15, 0.2) is 6.33 Å². The molecule has 72 valence electrons. The zero-order valence-electron chi connectivity index (χ0n) is 7.70. The van der Waals surface area contributed by atoms with Gasteiger partial charge in [0.2, 0.25) is 0 Å². The fourth-order valence-electron chi connectivity index (χ4n) is 1.88. The molecule has 0 radical (unpaired) electrons. The number of imidazole rings is 1. The molecule has 13 heavy (non-hydrogen) atoms. The molecule has 4 heteroatoms. The van der Waals surface area contributed by atoms with Gasteiger partial charge in [-0.15, -0.1) is 0 Å². The number of hydrogen-bond donors (Lipinski definition) is 1. The van der Waals surface area contributed by atoms with Crippen molar-refractivity contribution in [3.63, 3.8) is 0 Å². The lowest BCUT2D eigenvalue weighted by molar-refractivity contribution is 0.324. The fourth-order valence-corrected chi connectivity index (χ4v) is 2.13. The minimum absolute atomic E-state index is 0.259. The van der Waals surface area contributed by atoms with Gasteiger partial charge in [-0.05, 0) is 25.7 Å². The zero-order valence-corrected chi connectivity index (χ0v) is 8.46. The lowest BCUT2D eigenvalue weighted by Crippen LogP contribution is -2.33. The second kappa shape index (κ2) is 3.31. The molecule has 1 aromatic heterocycles. The van der Waals surface area contributed by atoms with E-state index in [1.54, 1.807) is 0 Å². The van der Waals surface area contributed by atoms with Crippen LogP contribution < -0.4 is 5.73 Å². The highest BCUT2D eigenvalue weighted by Gasteiger charge is 2.23. The van der Waals surface area contributed by atoms with Gasteiger partial charge in [0.1, 0.15) is 5.15 Å². The third-order valence-electron chi connectivity index (χ3n) is 2.82. The van der Waals surface area contributed by atoms with Crippen LogP contribution in [0.25, 0.3) is 0 Å². The summed E-state index contributed by atoms with van der Waals surface area (Å²) >= 11 is 5.92. The molecule has 2 unspecified atom stereocenters. The maximum Gasteiger partial charge on any atom is 0.150 e. The maximum absolute atomic E-state index is 5.92. The molecule has 2 atom stereocenters. The number of hydrogen-bond acceptors (Lipinski definition) is 2. The predicted octanol–water partition coefficient (Wildman–Crippen LogP) is 1.45. The number of halogens is 1. The van der Waals surface area contributed by atoms with Crippen molar-refractivity contribution in [2.24, 2.45) is 11.7 Å². The van der Waals surface area contributed by atoms with E-state index in [9.17, 15) is 0 Å². The second-order valence-corrected chi connectivity index (χ2v) is 4.15. The molecule has 0 bridgehead atoms. The molecule has 1 aliphatic heterocycles. The van der Waals surface area contributed by atoms with E-state index in [0.717, 1.165) is 19.4 Å². The Hall–Kier alpha value is -0.540. The highest BCUT2D eigenvalue weighted by atomic mass is 35.5. The van der Waals surface area contributed by atoms with Crippen LogP contribution in [0.4, 0.5) is 0 Å². The van der Waals surface area contributed by atoms with Crippen LogP contribution in [0.2, 0.25) is 5.15 Å². The van der Waals surface area contributed by atoms with Crippen LogP contribution in [0.3, 0.4) is 0 Å². The highest BCUT2D eigenvalue weighted by Crippen LogP contribution is 2.25. The topological polar surface area (TPSA) is 43.8 Å². The summed E-state index contributed by atoms with van der Waals surface area (Å²) in [4.78, 5) is 4.08. The van der Waals surface area contributed by atoms with E-state index in [1.807, 2.05) is 6.33 Å². The Kier molecular flexibility index (Phi) is 2.30. The normalized spacial score (nSPS) is 24.1. The van der Waals surface area contributed by atoms with Crippen molar-refractivity contribution in [3.8, 4) is 0 Å². The molecule has 2 rings (SSSR count). The van der Waals surface area contributed by atoms with E-state index in [1.165, 1.54) is 5.69 Å². The molecule has 0 saturated carbocycles. The SMILES string of the molecule is CC(N)C1CCc2c(Cl)ncn2C1. The molecule has 2 heterocycles. The van der Waals surface area contributed by atoms with E-state index in [2.05, 4.69) is 16.5 Å². The van der Waals surface area contributed by atoms with Gasteiger partial charge in [-0.3, -0.25) is 0 Å². The molecule has 1 aromatic rings. The first kappa shape index (κ1) is 9.03. The first-order valence-corrected chi connectivity index (χ1v) is 5.01. The van der Waals surface area contributed by atoms with Gasteiger partial charge >= 0.3 is 0 Å². The molecule has 0 saturated heterocycles. The summed E-state index contributed by atoms with van der Waals surface area (Å²) < 4.78 is 2.12. The summed E-state index contributed by atoms with van der Waals surface area (Å²) in [6.07, 6.45) is 3.94. The number of fused-ring (bicyclic) bond motifs is 1. The predicted molar refractivity (Wildman–Crippen MR) is 52.7 cm³/mol. The van der Waals surface area contributed by atoms with Gasteiger partial charge in [0.15, 0.2) is 0 Å². The quantitative estimate of drug-likeness (QED) is 0.744. The van der Waals surface area contributed by atoms with Crippen LogP contribution in [0.5, 0.6) is 0 Å². The monoisotopic (exact) mass is 199 g/mol. The molecular formula is C9H14ClN3. The molecule has 2 N–H and O–H groups in total. The number of nitrogens with zero attached hydrogens (tertiary/aromatic N) is 2. The van der Waals surface area contributed by atoms with Crippen LogP contribution in [-0.4, -0.2) is 15.6 Å². The third-order valence-corrected chi connectivity index (χ3v) is 3.14. The average Bonchev–Trinajstić information content (AvgIpc) is 2.47. The van der Waals surface area contributed by atoms with Crippen LogP contribution in [0.1, 0.15) is 19.0 Å². The van der Waals surface area contributed by atoms with E-state index in [4.69, 9.17) is 17.3 Å². The van der Waals surface area contributed by atoms with Gasteiger partial charge in [-0.25, -0.2) is 4.98 Å². The third kappa shape index (κ3) is 1.58. The molecule has 0 spiro atoms. The lowest BCUT2D eigenvalue weighted by atomic mass is 9.92. The number of rotatable bonds is 1. The van der Waals surface area contributed by atoms with Crippen LogP contribution in [0, 0.1) is 5.92 Å². The van der Waals surface area contributed by atoms with Crippen molar-refractivity contribution in [2.45, 2.75) is 32.4 Å². The Morgan fingerprint density at radius 2 is 2.54 bits per heavy atom. The molecular weight excluding hydrogens is 186 g/mol. The van der Waals surface area contributed by atoms with Gasteiger partial charge < -0.3 is 10.3 Å². The van der Waals surface area contributed by atoms with Crippen LogP contribution >= 0.6 is 11.6 Å². The number of nitrogens with two attached hydrogens (primary N) is 1. The van der Waals surface area contributed by atoms with Crippen LogP contribution in [-0.2, 0) is 13.0 Å². The Morgan fingerprint density at radius 1 is 1.77 bits per heavy atom. The van der Waals surface area contributed by atoms with Crippen molar-refractivity contribution < 1.29 is 0 Å². The first-order chi connectivity index (χ1) is 6.18. The van der Waals surface area contributed by atoms with Crippen molar-refractivity contribution in [2.75, 3.05) is 0 Å². The van der Waals surface area contributed by atoms with Crippen molar-refractivity contribution in [3.05, 3.63) is 17.2 Å². The first-order valence-electron chi connectivity index (χ1n) is 4.63. The molecule has 0 fully saturated rings. The summed E-state index contributed by atoms with van der Waals surface area (Å²) in [5.74, 6) is 0.567. The summed E-state index contributed by atoms with van der Waals surface area (Å²) in [6.45, 7) is 3.03. The van der Waals surface area contributed by atoms with Gasteiger partial charge in [-0.2, -0.15) is 0 Å². The van der Waals surface area contributed by atoms with E-state index in [-0.39, 0.29) is 6.04 Å². The van der Waals surface area contributed by atoms with Gasteiger partial charge in [0.05, 0.1) is 12.0 Å². The van der Waals surface area contributed by atoms with Crippen molar-refractivity contribution in [1.82, 2.24) is 9.55 Å². The smallest absolute Gasteiger partial charge is 0.150 e. The Labute approximate surface area is 82.9 Å². The minimum Gasteiger partial charge on any atom is -0.333 e. The summed E-state index contributed by atoms with van der Waals surface area (Å²) in [6, 6.07) is 0.259. The summed E-state index contributed by atoms with van der Waals surface area (Å²) in [5, 5.41) is 0.656. The van der Waals surface area contributed by atoms with E-state index in [0.29, 0.717) is 11.1 Å². The lowest BCUT2D eigenvalue weighted by Gasteiger charge is -2.26. The Balaban J connectivity index is 2.21. The maximum atomic E-state index is 5.92. The standard InChI is InChI=1S/C9H14ClN3/c1-6(11)7-2-3-8-9(10)12-5-13(8)4-7/h5-7H,2-4,11H2,1H3. The molecule has 0 aliphatic carbocycles. The Morgan fingerprint density at radius 3 is 3.23 bits per heavy atom. The fraction of sp³-hybridized carbons (Fsp3) is 0.667. The second-order valence-electron chi connectivity index (χ2n) is 3.79. The summed E-state index contributed by atoms with van der Waals surface area (Å²) in [5.41, 5.74) is 7.03. The molecule has 0 amide bonds. The molecule has 3 nitrogen and oxygen atoms in total. The largest absolute Gasteiger partial charge is 0.333 e. The van der Waals surface area contributed by atoms with Gasteiger partial charge in [0, 0.05) is 12.6 Å². The van der Waals surface area contributed by atoms with Gasteiger partial charge in [0.25, 0.3) is 0 Å². The Bertz CT molecular complexity index is 306. The van der Waals surface area contributed by atoms with Crippen molar-refractivity contribution in [1.29, 1.82) is 0 Å². The van der Waals surface area contributed by atoms with Crippen molar-refractivity contribution >= 4 is 11.6 Å². The highest BCUT2D eigenvalue weighted by molar-refractivity contribution is 6.30. The minimum atomic E-state index is 0.259. The number of aromatic nitrogens is 2. The molecule has 1 aliphatic rings. The van der Waals surface area contributed by atoms with E-state index < -0.39 is 0 Å². The zero-order chi connectivity index (χ0) is 9.42. The molecule has 0 aromatic carbocycles. The van der Waals surface area contributed by atoms with Gasteiger partial charge in [-0.1, -0.05) is 11.6 Å². The average molecular weight is 200 g/mol.